The summed E-state index contributed by atoms with van der Waals surface area (Å²) in [5.74, 6) is -0.649. The number of hydrogen-bond acceptors (Lipinski definition) is 3. The molecule has 0 saturated carbocycles. The molecule has 32 heavy (non-hydrogen) atoms. The lowest BCUT2D eigenvalue weighted by Gasteiger charge is -2.26. The van der Waals surface area contributed by atoms with Crippen molar-refractivity contribution in [2.24, 2.45) is 0 Å². The quantitative estimate of drug-likeness (QED) is 0.539. The average Bonchev–Trinajstić information content (AvgIpc) is 2.79. The van der Waals surface area contributed by atoms with Gasteiger partial charge in [-0.05, 0) is 53.6 Å². The highest BCUT2D eigenvalue weighted by molar-refractivity contribution is 5.94. The van der Waals surface area contributed by atoms with Crippen LogP contribution >= 0.6 is 0 Å². The van der Waals surface area contributed by atoms with Crippen molar-refractivity contribution in [2.75, 3.05) is 24.3 Å². The fraction of sp³-hybridized carbons (Fsp3) is 0.231. The molecule has 3 rings (SSSR count). The first kappa shape index (κ1) is 23.0. The van der Waals surface area contributed by atoms with Gasteiger partial charge in [-0.1, -0.05) is 37.3 Å². The molecule has 0 aliphatic carbocycles. The van der Waals surface area contributed by atoms with Crippen molar-refractivity contribution in [3.05, 3.63) is 95.3 Å². The van der Waals surface area contributed by atoms with Crippen molar-refractivity contribution in [1.29, 1.82) is 0 Å². The van der Waals surface area contributed by atoms with Crippen molar-refractivity contribution >= 4 is 23.2 Å². The molecule has 0 aromatic heterocycles. The second-order valence-corrected chi connectivity index (χ2v) is 7.79. The third kappa shape index (κ3) is 5.94. The van der Waals surface area contributed by atoms with Crippen LogP contribution in [0, 0.1) is 5.82 Å². The fourth-order valence-electron chi connectivity index (χ4n) is 3.46. The predicted molar refractivity (Wildman–Crippen MR) is 126 cm³/mol. The SMILES string of the molecule is CCC(=O)Nc1ccc(N(C)C)c(CN(Cc2ccccc2)C(=O)c2ccc(F)cc2)c1. The van der Waals surface area contributed by atoms with Gasteiger partial charge in [-0.25, -0.2) is 4.39 Å². The molecule has 166 valence electrons. The van der Waals surface area contributed by atoms with Crippen molar-refractivity contribution in [1.82, 2.24) is 4.90 Å². The third-order valence-corrected chi connectivity index (χ3v) is 5.12. The number of hydrogen-bond donors (Lipinski definition) is 1. The molecule has 0 atom stereocenters. The maximum atomic E-state index is 13.4. The van der Waals surface area contributed by atoms with Crippen molar-refractivity contribution in [3.63, 3.8) is 0 Å². The molecule has 1 N–H and O–H groups in total. The van der Waals surface area contributed by atoms with E-state index in [1.807, 2.05) is 67.5 Å². The van der Waals surface area contributed by atoms with Crippen LogP contribution in [0.25, 0.3) is 0 Å². The molecule has 2 amide bonds. The zero-order valence-corrected chi connectivity index (χ0v) is 18.6. The minimum Gasteiger partial charge on any atom is -0.377 e. The first-order valence-electron chi connectivity index (χ1n) is 10.6. The van der Waals surface area contributed by atoms with E-state index >= 15 is 0 Å². The number of nitrogens with one attached hydrogen (secondary N) is 1. The normalized spacial score (nSPS) is 10.5. The number of nitrogens with zero attached hydrogens (tertiary/aromatic N) is 2. The highest BCUT2D eigenvalue weighted by Crippen LogP contribution is 2.26. The highest BCUT2D eigenvalue weighted by atomic mass is 19.1. The Bertz CT molecular complexity index is 1070. The van der Waals surface area contributed by atoms with Gasteiger partial charge in [0.2, 0.25) is 5.91 Å². The summed E-state index contributed by atoms with van der Waals surface area (Å²) >= 11 is 0. The van der Waals surface area contributed by atoms with Crippen LogP contribution in [0.15, 0.2) is 72.8 Å². The summed E-state index contributed by atoms with van der Waals surface area (Å²) in [6.45, 7) is 2.53. The zero-order valence-electron chi connectivity index (χ0n) is 18.6. The lowest BCUT2D eigenvalue weighted by molar-refractivity contribution is -0.115. The number of anilines is 2. The van der Waals surface area contributed by atoms with Gasteiger partial charge in [-0.2, -0.15) is 0 Å². The molecular formula is C26H28FN3O2. The Kier molecular flexibility index (Phi) is 7.60. The topological polar surface area (TPSA) is 52.7 Å². The van der Waals surface area contributed by atoms with Crippen LogP contribution < -0.4 is 10.2 Å². The Morgan fingerprint density at radius 3 is 2.22 bits per heavy atom. The van der Waals surface area contributed by atoms with E-state index in [4.69, 9.17) is 0 Å². The molecule has 0 saturated heterocycles. The summed E-state index contributed by atoms with van der Waals surface area (Å²) < 4.78 is 13.4. The van der Waals surface area contributed by atoms with Gasteiger partial charge in [0.1, 0.15) is 5.82 Å². The highest BCUT2D eigenvalue weighted by Gasteiger charge is 2.19. The van der Waals surface area contributed by atoms with Gasteiger partial charge in [0, 0.05) is 50.5 Å². The molecular weight excluding hydrogens is 405 g/mol. The van der Waals surface area contributed by atoms with Gasteiger partial charge >= 0.3 is 0 Å². The van der Waals surface area contributed by atoms with E-state index in [1.165, 1.54) is 24.3 Å². The number of carbonyl (C=O) groups excluding carboxylic acids is 2. The van der Waals surface area contributed by atoms with E-state index < -0.39 is 0 Å². The standard InChI is InChI=1S/C26H28FN3O2/c1-4-25(31)28-23-14-15-24(29(2)3)21(16-23)18-30(17-19-8-6-5-7-9-19)26(32)20-10-12-22(27)13-11-20/h5-16H,4,17-18H2,1-3H3,(H,28,31). The summed E-state index contributed by atoms with van der Waals surface area (Å²) in [5.41, 5.74) is 3.94. The van der Waals surface area contributed by atoms with E-state index in [-0.39, 0.29) is 17.6 Å². The number of benzene rings is 3. The summed E-state index contributed by atoms with van der Waals surface area (Å²) in [6, 6.07) is 21.0. The molecule has 6 heteroatoms. The molecule has 0 aliphatic heterocycles. The zero-order chi connectivity index (χ0) is 23.1. The second-order valence-electron chi connectivity index (χ2n) is 7.79. The lowest BCUT2D eigenvalue weighted by Crippen LogP contribution is -2.31. The Balaban J connectivity index is 1.97. The first-order valence-corrected chi connectivity index (χ1v) is 10.6. The van der Waals surface area contributed by atoms with E-state index in [0.29, 0.717) is 30.8 Å². The van der Waals surface area contributed by atoms with Gasteiger partial charge in [-0.3, -0.25) is 9.59 Å². The largest absolute Gasteiger partial charge is 0.377 e. The second kappa shape index (κ2) is 10.6. The van der Waals surface area contributed by atoms with Gasteiger partial charge < -0.3 is 15.1 Å². The van der Waals surface area contributed by atoms with Crippen LogP contribution in [0.2, 0.25) is 0 Å². The molecule has 3 aromatic carbocycles. The molecule has 0 aliphatic rings. The van der Waals surface area contributed by atoms with E-state index in [2.05, 4.69) is 5.32 Å². The summed E-state index contributed by atoms with van der Waals surface area (Å²) in [6.07, 6.45) is 0.383. The lowest BCUT2D eigenvalue weighted by atomic mass is 10.1. The van der Waals surface area contributed by atoms with Crippen LogP contribution in [0.5, 0.6) is 0 Å². The van der Waals surface area contributed by atoms with Crippen LogP contribution in [0.1, 0.15) is 34.8 Å². The Labute approximate surface area is 188 Å². The molecule has 0 unspecified atom stereocenters. The molecule has 0 fully saturated rings. The van der Waals surface area contributed by atoms with Crippen LogP contribution in [0.4, 0.5) is 15.8 Å². The maximum Gasteiger partial charge on any atom is 0.254 e. The first-order chi connectivity index (χ1) is 15.4. The Morgan fingerprint density at radius 1 is 0.906 bits per heavy atom. The minimum atomic E-state index is -0.384. The van der Waals surface area contributed by atoms with Gasteiger partial charge in [0.05, 0.1) is 0 Å². The Hall–Kier alpha value is -3.67. The molecule has 3 aromatic rings. The minimum absolute atomic E-state index is 0.0721. The summed E-state index contributed by atoms with van der Waals surface area (Å²) in [7, 11) is 3.87. The van der Waals surface area contributed by atoms with Crippen LogP contribution in [0.3, 0.4) is 0 Å². The van der Waals surface area contributed by atoms with Crippen molar-refractivity contribution < 1.29 is 14.0 Å². The van der Waals surface area contributed by atoms with Crippen molar-refractivity contribution in [2.45, 2.75) is 26.4 Å². The number of amides is 2. The van der Waals surface area contributed by atoms with Gasteiger partial charge in [0.25, 0.3) is 5.91 Å². The van der Waals surface area contributed by atoms with E-state index in [9.17, 15) is 14.0 Å². The van der Waals surface area contributed by atoms with Crippen LogP contribution in [-0.4, -0.2) is 30.8 Å². The Morgan fingerprint density at radius 2 is 1.59 bits per heavy atom. The average molecular weight is 434 g/mol. The summed E-state index contributed by atoms with van der Waals surface area (Å²) in [4.78, 5) is 29.0. The molecule has 0 spiro atoms. The van der Waals surface area contributed by atoms with E-state index in [1.54, 1.807) is 11.8 Å². The van der Waals surface area contributed by atoms with Gasteiger partial charge in [0.15, 0.2) is 0 Å². The molecule has 5 nitrogen and oxygen atoms in total. The molecule has 0 radical (unpaired) electrons. The van der Waals surface area contributed by atoms with Crippen LogP contribution in [-0.2, 0) is 17.9 Å². The predicted octanol–water partition coefficient (Wildman–Crippen LogP) is 5.08. The summed E-state index contributed by atoms with van der Waals surface area (Å²) in [5, 5.41) is 2.89. The smallest absolute Gasteiger partial charge is 0.254 e. The van der Waals surface area contributed by atoms with Gasteiger partial charge in [-0.15, -0.1) is 0 Å². The molecule has 0 heterocycles. The van der Waals surface area contributed by atoms with Crippen molar-refractivity contribution in [3.8, 4) is 0 Å². The number of rotatable bonds is 8. The molecule has 0 bridgehead atoms. The number of halogens is 1. The maximum absolute atomic E-state index is 13.4. The third-order valence-electron chi connectivity index (χ3n) is 5.12. The van der Waals surface area contributed by atoms with E-state index in [0.717, 1.165) is 16.8 Å². The monoisotopic (exact) mass is 433 g/mol. The number of carbonyl (C=O) groups is 2. The fourth-order valence-corrected chi connectivity index (χ4v) is 3.46.